The molecule has 0 saturated carbocycles. The summed E-state index contributed by atoms with van der Waals surface area (Å²) in [5.41, 5.74) is 3.60. The van der Waals surface area contributed by atoms with Gasteiger partial charge in [0.05, 0.1) is 6.04 Å². The third-order valence-electron chi connectivity index (χ3n) is 4.29. The Morgan fingerprint density at radius 1 is 1.00 bits per heavy atom. The van der Waals surface area contributed by atoms with E-state index in [2.05, 4.69) is 26.1 Å². The summed E-state index contributed by atoms with van der Waals surface area (Å²) in [5, 5.41) is 15.3. The Morgan fingerprint density at radius 2 is 1.64 bits per heavy atom. The lowest BCUT2D eigenvalue weighted by molar-refractivity contribution is 0.0935. The van der Waals surface area contributed by atoms with E-state index in [9.17, 15) is 9.59 Å². The van der Waals surface area contributed by atoms with E-state index in [0.717, 1.165) is 23.4 Å². The van der Waals surface area contributed by atoms with Crippen LogP contribution in [0.4, 0.5) is 16.2 Å². The molecule has 4 N–H and O–H groups in total. The van der Waals surface area contributed by atoms with Crippen molar-refractivity contribution in [2.75, 3.05) is 10.6 Å². The van der Waals surface area contributed by atoms with E-state index in [-0.39, 0.29) is 18.0 Å². The first-order chi connectivity index (χ1) is 13.5. The number of carbonyl (C=O) groups excluding carboxylic acids is 2. The van der Waals surface area contributed by atoms with Crippen molar-refractivity contribution >= 4 is 23.3 Å². The molecule has 0 spiro atoms. The quantitative estimate of drug-likeness (QED) is 0.520. The number of aryl methyl sites for hydroxylation is 1. The van der Waals surface area contributed by atoms with Crippen LogP contribution in [-0.2, 0) is 6.42 Å². The van der Waals surface area contributed by atoms with Gasteiger partial charge >= 0.3 is 6.03 Å². The lowest BCUT2D eigenvalue weighted by Gasteiger charge is -2.14. The van der Waals surface area contributed by atoms with Gasteiger partial charge in [0.15, 0.2) is 0 Å². The van der Waals surface area contributed by atoms with Gasteiger partial charge in [-0.15, -0.1) is 0 Å². The topological polar surface area (TPSA) is 98.9 Å². The standard InChI is InChI=1S/C21H23N5O2/c1-3-16-13-19(26-25-16)20(27)22-14(2)15-9-11-18(12-10-15)24-21(28)23-17-7-5-4-6-8-17/h4-14H,3H2,1-2H3,(H,22,27)(H,25,26)(H2,23,24,28). The number of amides is 3. The molecule has 7 nitrogen and oxygen atoms in total. The molecule has 2 aromatic carbocycles. The van der Waals surface area contributed by atoms with E-state index in [4.69, 9.17) is 0 Å². The Balaban J connectivity index is 1.55. The molecule has 1 unspecified atom stereocenters. The van der Waals surface area contributed by atoms with Gasteiger partial charge in [-0.05, 0) is 49.2 Å². The second-order valence-corrected chi connectivity index (χ2v) is 6.39. The van der Waals surface area contributed by atoms with E-state index >= 15 is 0 Å². The van der Waals surface area contributed by atoms with E-state index in [1.165, 1.54) is 0 Å². The molecule has 7 heteroatoms. The van der Waals surface area contributed by atoms with Gasteiger partial charge in [0.25, 0.3) is 5.91 Å². The summed E-state index contributed by atoms with van der Waals surface area (Å²) in [6.45, 7) is 3.89. The van der Waals surface area contributed by atoms with E-state index in [0.29, 0.717) is 11.4 Å². The largest absolute Gasteiger partial charge is 0.344 e. The molecule has 1 aromatic heterocycles. The summed E-state index contributed by atoms with van der Waals surface area (Å²) in [5.74, 6) is -0.229. The fourth-order valence-corrected chi connectivity index (χ4v) is 2.68. The molecular formula is C21H23N5O2. The van der Waals surface area contributed by atoms with Crippen LogP contribution in [0.25, 0.3) is 0 Å². The average molecular weight is 377 g/mol. The van der Waals surface area contributed by atoms with Crippen LogP contribution >= 0.6 is 0 Å². The van der Waals surface area contributed by atoms with Crippen LogP contribution in [0.5, 0.6) is 0 Å². The molecule has 144 valence electrons. The predicted molar refractivity (Wildman–Crippen MR) is 109 cm³/mol. The number of hydrogen-bond donors (Lipinski definition) is 4. The zero-order chi connectivity index (χ0) is 19.9. The number of benzene rings is 2. The maximum Gasteiger partial charge on any atom is 0.323 e. The van der Waals surface area contributed by atoms with Gasteiger partial charge in [0, 0.05) is 17.1 Å². The summed E-state index contributed by atoms with van der Waals surface area (Å²) in [7, 11) is 0. The Hall–Kier alpha value is -3.61. The Kier molecular flexibility index (Phi) is 6.06. The summed E-state index contributed by atoms with van der Waals surface area (Å²) >= 11 is 0. The van der Waals surface area contributed by atoms with Crippen LogP contribution in [0.15, 0.2) is 60.7 Å². The van der Waals surface area contributed by atoms with Gasteiger partial charge < -0.3 is 16.0 Å². The Morgan fingerprint density at radius 3 is 2.25 bits per heavy atom. The molecule has 0 aliphatic rings. The highest BCUT2D eigenvalue weighted by molar-refractivity contribution is 5.99. The van der Waals surface area contributed by atoms with E-state index in [1.54, 1.807) is 18.2 Å². The number of aromatic nitrogens is 2. The number of para-hydroxylation sites is 1. The van der Waals surface area contributed by atoms with Crippen molar-refractivity contribution in [2.24, 2.45) is 0 Å². The predicted octanol–water partition coefficient (Wildman–Crippen LogP) is 4.11. The minimum absolute atomic E-state index is 0.193. The third kappa shape index (κ3) is 4.97. The minimum atomic E-state index is -0.314. The molecule has 0 aliphatic carbocycles. The fraction of sp³-hybridized carbons (Fsp3) is 0.190. The fourth-order valence-electron chi connectivity index (χ4n) is 2.68. The van der Waals surface area contributed by atoms with Crippen LogP contribution in [0.1, 0.15) is 41.6 Å². The molecule has 0 saturated heterocycles. The molecule has 3 amide bonds. The highest BCUT2D eigenvalue weighted by Crippen LogP contribution is 2.17. The Labute approximate surface area is 163 Å². The number of nitrogens with zero attached hydrogens (tertiary/aromatic N) is 1. The third-order valence-corrected chi connectivity index (χ3v) is 4.29. The van der Waals surface area contributed by atoms with E-state index < -0.39 is 0 Å². The highest BCUT2D eigenvalue weighted by Gasteiger charge is 2.14. The number of hydrogen-bond acceptors (Lipinski definition) is 3. The Bertz CT molecular complexity index is 935. The molecule has 0 radical (unpaired) electrons. The average Bonchev–Trinajstić information content (AvgIpc) is 3.18. The van der Waals surface area contributed by atoms with Gasteiger partial charge in [-0.3, -0.25) is 9.89 Å². The van der Waals surface area contributed by atoms with Crippen molar-refractivity contribution in [3.8, 4) is 0 Å². The molecule has 0 fully saturated rings. The van der Waals surface area contributed by atoms with Crippen LogP contribution in [0.3, 0.4) is 0 Å². The van der Waals surface area contributed by atoms with Gasteiger partial charge in [-0.1, -0.05) is 37.3 Å². The second kappa shape index (κ2) is 8.85. The number of rotatable bonds is 6. The van der Waals surface area contributed by atoms with Crippen molar-refractivity contribution in [2.45, 2.75) is 26.3 Å². The summed E-state index contributed by atoms with van der Waals surface area (Å²) < 4.78 is 0. The first-order valence-electron chi connectivity index (χ1n) is 9.13. The van der Waals surface area contributed by atoms with Crippen molar-refractivity contribution < 1.29 is 9.59 Å². The maximum absolute atomic E-state index is 12.3. The number of nitrogens with one attached hydrogen (secondary N) is 4. The van der Waals surface area contributed by atoms with Crippen LogP contribution in [0, 0.1) is 0 Å². The normalized spacial score (nSPS) is 11.5. The van der Waals surface area contributed by atoms with Crippen LogP contribution < -0.4 is 16.0 Å². The molecule has 0 aliphatic heterocycles. The van der Waals surface area contributed by atoms with Gasteiger partial charge in [0.1, 0.15) is 5.69 Å². The summed E-state index contributed by atoms with van der Waals surface area (Å²) in [6.07, 6.45) is 0.794. The van der Waals surface area contributed by atoms with Crippen molar-refractivity contribution in [1.82, 2.24) is 15.5 Å². The molecule has 0 bridgehead atoms. The molecule has 1 heterocycles. The van der Waals surface area contributed by atoms with Crippen LogP contribution in [0.2, 0.25) is 0 Å². The van der Waals surface area contributed by atoms with Gasteiger partial charge in [-0.25, -0.2) is 4.79 Å². The lowest BCUT2D eigenvalue weighted by Crippen LogP contribution is -2.27. The molecule has 3 aromatic rings. The smallest absolute Gasteiger partial charge is 0.323 e. The van der Waals surface area contributed by atoms with Gasteiger partial charge in [0.2, 0.25) is 0 Å². The number of H-pyrrole nitrogens is 1. The summed E-state index contributed by atoms with van der Waals surface area (Å²) in [4.78, 5) is 24.3. The molecular weight excluding hydrogens is 354 g/mol. The number of urea groups is 1. The first-order valence-corrected chi connectivity index (χ1v) is 9.13. The van der Waals surface area contributed by atoms with Crippen LogP contribution in [-0.4, -0.2) is 22.1 Å². The number of aromatic amines is 1. The molecule has 1 atom stereocenters. The van der Waals surface area contributed by atoms with Crippen molar-refractivity contribution in [1.29, 1.82) is 0 Å². The number of anilines is 2. The summed E-state index contributed by atoms with van der Waals surface area (Å²) in [6, 6.07) is 17.8. The zero-order valence-corrected chi connectivity index (χ0v) is 15.8. The monoisotopic (exact) mass is 377 g/mol. The lowest BCUT2D eigenvalue weighted by atomic mass is 10.1. The SMILES string of the molecule is CCc1cc(C(=O)NC(C)c2ccc(NC(=O)Nc3ccccc3)cc2)n[nH]1. The molecule has 28 heavy (non-hydrogen) atoms. The zero-order valence-electron chi connectivity index (χ0n) is 15.8. The number of carbonyl (C=O) groups is 2. The molecule has 3 rings (SSSR count). The minimum Gasteiger partial charge on any atom is -0.344 e. The maximum atomic E-state index is 12.3. The van der Waals surface area contributed by atoms with Gasteiger partial charge in [-0.2, -0.15) is 5.10 Å². The first kappa shape index (κ1) is 19.2. The van der Waals surface area contributed by atoms with E-state index in [1.807, 2.05) is 56.3 Å². The van der Waals surface area contributed by atoms with Crippen molar-refractivity contribution in [3.63, 3.8) is 0 Å². The highest BCUT2D eigenvalue weighted by atomic mass is 16.2. The second-order valence-electron chi connectivity index (χ2n) is 6.39. The van der Waals surface area contributed by atoms with Crippen molar-refractivity contribution in [3.05, 3.63) is 77.6 Å².